The summed E-state index contributed by atoms with van der Waals surface area (Å²) in [4.78, 5) is 124. The summed E-state index contributed by atoms with van der Waals surface area (Å²) in [6.45, 7) is 0.648. The minimum absolute atomic E-state index is 0.0249. The summed E-state index contributed by atoms with van der Waals surface area (Å²) in [7, 11) is 0. The Morgan fingerprint density at radius 1 is 0.940 bits per heavy atom. The third-order valence-electron chi connectivity index (χ3n) is 10.9. The molecule has 2 aromatic heterocycles. The molecule has 0 aliphatic carbocycles. The number of anilines is 3. The van der Waals surface area contributed by atoms with Crippen molar-refractivity contribution >= 4 is 70.6 Å². The van der Waals surface area contributed by atoms with E-state index in [-0.39, 0.29) is 79.3 Å². The summed E-state index contributed by atoms with van der Waals surface area (Å²) in [5.41, 5.74) is 13.5. The van der Waals surface area contributed by atoms with Gasteiger partial charge in [-0.2, -0.15) is 4.90 Å². The highest BCUT2D eigenvalue weighted by molar-refractivity contribution is 6.26. The number of carboxylic acid groups (broad SMARTS) is 1. The lowest BCUT2D eigenvalue weighted by Gasteiger charge is -2.32. The molecule has 25 heteroatoms. The lowest BCUT2D eigenvalue weighted by atomic mass is 10.0. The number of imide groups is 4. The first kappa shape index (κ1) is 46.6. The van der Waals surface area contributed by atoms with Gasteiger partial charge in [0.2, 0.25) is 11.8 Å². The van der Waals surface area contributed by atoms with Gasteiger partial charge in [0.1, 0.15) is 17.8 Å². The second-order valence-corrected chi connectivity index (χ2v) is 15.6. The van der Waals surface area contributed by atoms with Crippen molar-refractivity contribution < 1.29 is 53.0 Å². The van der Waals surface area contributed by atoms with Gasteiger partial charge in [0.15, 0.2) is 17.8 Å². The molecular formula is C42H46N14O11. The van der Waals surface area contributed by atoms with Crippen LogP contribution < -0.4 is 38.1 Å². The van der Waals surface area contributed by atoms with Crippen molar-refractivity contribution in [2.75, 3.05) is 23.0 Å². The van der Waals surface area contributed by atoms with Gasteiger partial charge in [-0.3, -0.25) is 48.9 Å². The maximum absolute atomic E-state index is 13.3. The number of fused-ring (bicyclic) bond motifs is 2. The third-order valence-corrected chi connectivity index (χ3v) is 10.9. The number of nitrogens with one attached hydrogen (secondary N) is 5. The molecule has 0 spiro atoms. The average Bonchev–Trinajstić information content (AvgIpc) is 3.86. The van der Waals surface area contributed by atoms with Gasteiger partial charge in [-0.15, -0.1) is 5.10 Å². The number of amides is 8. The number of aryl methyl sites for hydroxylation is 1. The molecular weight excluding hydrogens is 877 g/mol. The summed E-state index contributed by atoms with van der Waals surface area (Å²) in [5.74, 6) is -5.92. The Morgan fingerprint density at radius 2 is 1.72 bits per heavy atom. The van der Waals surface area contributed by atoms with Crippen molar-refractivity contribution in [2.24, 2.45) is 5.73 Å². The largest absolute Gasteiger partial charge is 0.480 e. The molecule has 1 fully saturated rings. The van der Waals surface area contributed by atoms with E-state index in [1.807, 2.05) is 0 Å². The Bertz CT molecular complexity index is 2620. The molecule has 4 aromatic rings. The highest BCUT2D eigenvalue weighted by Crippen LogP contribution is 2.32. The summed E-state index contributed by atoms with van der Waals surface area (Å²) in [5, 5.41) is 31.4. The van der Waals surface area contributed by atoms with Crippen LogP contribution in [0.2, 0.25) is 0 Å². The number of ether oxygens (including phenoxy) is 1. The van der Waals surface area contributed by atoms with Crippen LogP contribution in [0, 0.1) is 0 Å². The molecule has 0 radical (unpaired) electrons. The molecule has 3 atom stereocenters. The topological polar surface area (TPSA) is 358 Å². The zero-order chi connectivity index (χ0) is 47.8. The van der Waals surface area contributed by atoms with Crippen molar-refractivity contribution in [2.45, 2.75) is 89.4 Å². The van der Waals surface area contributed by atoms with Crippen molar-refractivity contribution in [1.29, 1.82) is 0 Å². The molecule has 1 saturated heterocycles. The number of unbranched alkanes of at least 4 members (excludes halogenated alkanes) is 3. The molecule has 3 aliphatic rings. The van der Waals surface area contributed by atoms with E-state index >= 15 is 0 Å². The van der Waals surface area contributed by atoms with Gasteiger partial charge in [-0.25, -0.2) is 19.6 Å². The predicted octanol–water partition coefficient (Wildman–Crippen LogP) is 0.450. The fraction of sp³-hybridized carbons (Fsp3) is 0.357. The molecule has 3 aliphatic heterocycles. The second kappa shape index (κ2) is 20.7. The molecule has 25 nitrogen and oxygen atoms in total. The highest BCUT2D eigenvalue weighted by atomic mass is 16.6. The number of nitrogens with two attached hydrogens (primary N) is 2. The Balaban J connectivity index is 0.760. The van der Waals surface area contributed by atoms with Crippen LogP contribution in [-0.2, 0) is 43.5 Å². The van der Waals surface area contributed by atoms with E-state index < -0.39 is 71.8 Å². The summed E-state index contributed by atoms with van der Waals surface area (Å²) in [6.07, 6.45) is 2.84. The van der Waals surface area contributed by atoms with Crippen LogP contribution in [0.5, 0.6) is 0 Å². The van der Waals surface area contributed by atoms with Gasteiger partial charge in [0.25, 0.3) is 29.5 Å². The molecule has 7 rings (SSSR count). The fourth-order valence-corrected chi connectivity index (χ4v) is 7.45. The molecule has 2 aromatic carbocycles. The van der Waals surface area contributed by atoms with Gasteiger partial charge < -0.3 is 42.2 Å². The monoisotopic (exact) mass is 922 g/mol. The molecule has 0 saturated carbocycles. The number of benzene rings is 2. The van der Waals surface area contributed by atoms with E-state index in [1.54, 1.807) is 23.0 Å². The van der Waals surface area contributed by atoms with Gasteiger partial charge in [-0.05, 0) is 68.5 Å². The number of aromatic nitrogens is 5. The van der Waals surface area contributed by atoms with Crippen molar-refractivity contribution in [3.05, 3.63) is 88.6 Å². The van der Waals surface area contributed by atoms with Crippen LogP contribution in [0.4, 0.5) is 22.0 Å². The van der Waals surface area contributed by atoms with Gasteiger partial charge in [-0.1, -0.05) is 17.7 Å². The average molecular weight is 923 g/mol. The van der Waals surface area contributed by atoms with Crippen LogP contribution in [0.25, 0.3) is 0 Å². The smallest absolute Gasteiger partial charge is 0.423 e. The molecule has 67 heavy (non-hydrogen) atoms. The summed E-state index contributed by atoms with van der Waals surface area (Å²) >= 11 is 0. The normalized spacial score (nSPS) is 16.9. The number of nitrogen functional groups attached to an aromatic ring is 1. The summed E-state index contributed by atoms with van der Waals surface area (Å²) in [6, 6.07) is 7.90. The van der Waals surface area contributed by atoms with Crippen molar-refractivity contribution in [3.8, 4) is 0 Å². The molecule has 2 unspecified atom stereocenters. The summed E-state index contributed by atoms with van der Waals surface area (Å²) < 4.78 is 6.80. The maximum atomic E-state index is 13.3. The van der Waals surface area contributed by atoms with E-state index in [4.69, 9.17) is 16.2 Å². The van der Waals surface area contributed by atoms with Gasteiger partial charge in [0.05, 0.1) is 48.9 Å². The van der Waals surface area contributed by atoms with Crippen LogP contribution in [-0.4, -0.2) is 118 Å². The lowest BCUT2D eigenvalue weighted by molar-refractivity contribution is -0.149. The molecule has 10 N–H and O–H groups in total. The van der Waals surface area contributed by atoms with Crippen LogP contribution in [0.3, 0.4) is 0 Å². The number of piperidine rings is 1. The highest BCUT2D eigenvalue weighted by Gasteiger charge is 2.49. The number of aliphatic carboxylic acids is 1. The minimum atomic E-state index is -1.37. The fourth-order valence-electron chi connectivity index (χ4n) is 7.45. The first-order valence-electron chi connectivity index (χ1n) is 21.2. The van der Waals surface area contributed by atoms with Gasteiger partial charge in [0, 0.05) is 36.3 Å². The van der Waals surface area contributed by atoms with Crippen molar-refractivity contribution in [3.63, 3.8) is 0 Å². The number of nitrogens with zero attached hydrogens (tertiary/aromatic N) is 7. The quantitative estimate of drug-likeness (QED) is 0.0359. The Kier molecular flexibility index (Phi) is 14.4. The molecule has 8 amide bonds. The minimum Gasteiger partial charge on any atom is -0.480 e. The lowest BCUT2D eigenvalue weighted by Crippen LogP contribution is -2.57. The van der Waals surface area contributed by atoms with E-state index in [9.17, 15) is 48.3 Å². The number of likely N-dealkylation sites (tertiary alicyclic amines) is 1. The number of hydrogen-bond donors (Lipinski definition) is 8. The van der Waals surface area contributed by atoms with Crippen LogP contribution in [0.1, 0.15) is 104 Å². The van der Waals surface area contributed by atoms with E-state index in [0.717, 1.165) is 4.90 Å². The Labute approximate surface area is 380 Å². The number of carbonyl (C=O) groups excluding carboxylic acids is 8. The maximum Gasteiger partial charge on any atom is 0.423 e. The van der Waals surface area contributed by atoms with E-state index in [2.05, 4.69) is 46.9 Å². The second-order valence-electron chi connectivity index (χ2n) is 15.6. The molecule has 0 bridgehead atoms. The third kappa shape index (κ3) is 11.0. The number of hydrogen-bond acceptors (Lipinski definition) is 18. The number of carboxylic acids is 1. The molecule has 5 heterocycles. The standard InChI is InChI=1S/C42H46N14O11/c43-27-7-5-6-26-32(27)39(63)55(37(26)61)29-13-15-31(58)56(38(29)62)42(66)67-17-4-2-1-3-16-54-21-25(52-53-54)20-46-30(57)14-12-28(40(64)65)49-35(59)22-8-10-23(11-9-22)45-18-24-19-47-34-33(48-24)36(60)51-41(44)50-34/h5-11,19,21,28-29,41,45H,1-4,12-18,20,43-44H2,(H,46,57)(H,47,50)(H,49,59)(H,51,60)(H,64,65)/t28-,29?,41?/m0/s1. The molecule has 350 valence electrons. The first-order valence-corrected chi connectivity index (χ1v) is 21.2. The van der Waals surface area contributed by atoms with Crippen LogP contribution >= 0.6 is 0 Å². The number of rotatable bonds is 19. The SMILES string of the molecule is Nc1cccc2c1C(=O)N(C1CCC(=O)N(C(=O)OCCCCCCn3cc(CNC(=O)CC[C@H](NC(=O)c4ccc(NCc5cnc6c(n5)C(=O)NC(N)N6)cc4)C(=O)O)nn3)C1=O)C2=O. The van der Waals surface area contributed by atoms with E-state index in [0.29, 0.717) is 54.2 Å². The van der Waals surface area contributed by atoms with Crippen LogP contribution in [0.15, 0.2) is 54.9 Å². The van der Waals surface area contributed by atoms with Crippen molar-refractivity contribution in [1.82, 2.24) is 50.7 Å². The zero-order valence-corrected chi connectivity index (χ0v) is 35.7. The van der Waals surface area contributed by atoms with E-state index in [1.165, 1.54) is 36.5 Å². The Morgan fingerprint density at radius 3 is 2.48 bits per heavy atom. The number of carbonyl (C=O) groups is 9. The first-order chi connectivity index (χ1) is 32.2. The van der Waals surface area contributed by atoms with Gasteiger partial charge >= 0.3 is 12.1 Å². The predicted molar refractivity (Wildman–Crippen MR) is 231 cm³/mol. The zero-order valence-electron chi connectivity index (χ0n) is 35.7. The Hall–Kier alpha value is -8.35.